The van der Waals surface area contributed by atoms with E-state index in [9.17, 15) is 24.3 Å². The quantitative estimate of drug-likeness (QED) is 0.293. The average molecular weight is 376 g/mol. The molecular formula is C15H28N4O5S. The maximum atomic E-state index is 12.4. The highest BCUT2D eigenvalue weighted by Gasteiger charge is 2.28. The number of carbonyl (C=O) groups excluding carboxylic acids is 3. The van der Waals surface area contributed by atoms with Gasteiger partial charge in [-0.15, -0.1) is 0 Å². The summed E-state index contributed by atoms with van der Waals surface area (Å²) in [5, 5.41) is 14.1. The molecule has 0 saturated heterocycles. The van der Waals surface area contributed by atoms with Crippen molar-refractivity contribution in [2.24, 2.45) is 17.4 Å². The van der Waals surface area contributed by atoms with Crippen molar-refractivity contribution in [2.45, 2.75) is 51.2 Å². The molecule has 144 valence electrons. The fourth-order valence-corrected chi connectivity index (χ4v) is 2.53. The zero-order valence-corrected chi connectivity index (χ0v) is 15.6. The first-order valence-electron chi connectivity index (χ1n) is 7.94. The normalized spacial score (nSPS) is 14.4. The lowest BCUT2D eigenvalue weighted by Gasteiger charge is -2.23. The topological polar surface area (TPSA) is 165 Å². The molecule has 0 bridgehead atoms. The molecule has 10 heteroatoms. The molecule has 0 rings (SSSR count). The maximum Gasteiger partial charge on any atom is 0.326 e. The van der Waals surface area contributed by atoms with E-state index in [1.54, 1.807) is 0 Å². The summed E-state index contributed by atoms with van der Waals surface area (Å²) in [6.45, 7) is 3.72. The highest BCUT2D eigenvalue weighted by Crippen LogP contribution is 2.08. The van der Waals surface area contributed by atoms with Crippen molar-refractivity contribution in [3.63, 3.8) is 0 Å². The Balaban J connectivity index is 4.98. The highest BCUT2D eigenvalue weighted by molar-refractivity contribution is 7.98. The smallest absolute Gasteiger partial charge is 0.326 e. The number of primary amides is 1. The molecule has 3 unspecified atom stereocenters. The third kappa shape index (κ3) is 9.92. The van der Waals surface area contributed by atoms with Crippen LogP contribution in [0.15, 0.2) is 0 Å². The molecule has 0 aromatic rings. The largest absolute Gasteiger partial charge is 0.480 e. The molecule has 0 aromatic heterocycles. The maximum absolute atomic E-state index is 12.4. The summed E-state index contributed by atoms with van der Waals surface area (Å²) in [5.74, 6) is -2.50. The molecule has 7 N–H and O–H groups in total. The molecule has 3 atom stereocenters. The van der Waals surface area contributed by atoms with Gasteiger partial charge in [-0.2, -0.15) is 11.8 Å². The Labute approximate surface area is 151 Å². The van der Waals surface area contributed by atoms with E-state index in [1.807, 2.05) is 20.1 Å². The first-order chi connectivity index (χ1) is 11.6. The molecule has 0 radical (unpaired) electrons. The van der Waals surface area contributed by atoms with Gasteiger partial charge in [-0.25, -0.2) is 4.79 Å². The van der Waals surface area contributed by atoms with E-state index in [2.05, 4.69) is 10.6 Å². The van der Waals surface area contributed by atoms with E-state index >= 15 is 0 Å². The lowest BCUT2D eigenvalue weighted by Crippen LogP contribution is -2.55. The lowest BCUT2D eigenvalue weighted by molar-refractivity contribution is -0.142. The number of thioether (sulfide) groups is 1. The fourth-order valence-electron chi connectivity index (χ4n) is 2.06. The summed E-state index contributed by atoms with van der Waals surface area (Å²) in [5.41, 5.74) is 10.6. The predicted octanol–water partition coefficient (Wildman–Crippen LogP) is -0.957. The molecule has 9 nitrogen and oxygen atoms in total. The fraction of sp³-hybridized carbons (Fsp3) is 0.733. The van der Waals surface area contributed by atoms with E-state index in [4.69, 9.17) is 11.5 Å². The number of nitrogens with two attached hydrogens (primary N) is 2. The Bertz CT molecular complexity index is 487. The SMILES string of the molecule is CSCCC(NC(=O)C(CC(C)C)NC(=O)C(N)CC(N)=O)C(=O)O. The molecule has 0 spiro atoms. The van der Waals surface area contributed by atoms with Crippen LogP contribution in [-0.2, 0) is 19.2 Å². The Morgan fingerprint density at radius 2 is 1.64 bits per heavy atom. The van der Waals surface area contributed by atoms with Crippen LogP contribution in [0, 0.1) is 5.92 Å². The number of hydrogen-bond donors (Lipinski definition) is 5. The molecule has 0 aliphatic rings. The third-order valence-electron chi connectivity index (χ3n) is 3.32. The minimum atomic E-state index is -1.16. The van der Waals surface area contributed by atoms with Gasteiger partial charge in [-0.05, 0) is 30.8 Å². The average Bonchev–Trinajstić information content (AvgIpc) is 2.48. The molecule has 0 aliphatic heterocycles. The van der Waals surface area contributed by atoms with Crippen LogP contribution in [0.4, 0.5) is 0 Å². The number of carbonyl (C=O) groups is 4. The summed E-state index contributed by atoms with van der Waals surface area (Å²) < 4.78 is 0. The van der Waals surface area contributed by atoms with Crippen molar-refractivity contribution >= 4 is 35.5 Å². The van der Waals surface area contributed by atoms with Gasteiger partial charge in [-0.3, -0.25) is 14.4 Å². The van der Waals surface area contributed by atoms with Gasteiger partial charge in [0, 0.05) is 0 Å². The Morgan fingerprint density at radius 1 is 1.08 bits per heavy atom. The molecule has 25 heavy (non-hydrogen) atoms. The van der Waals surface area contributed by atoms with Gasteiger partial charge in [0.25, 0.3) is 0 Å². The van der Waals surface area contributed by atoms with Crippen molar-refractivity contribution in [1.29, 1.82) is 0 Å². The van der Waals surface area contributed by atoms with Crippen LogP contribution in [-0.4, -0.2) is 58.9 Å². The lowest BCUT2D eigenvalue weighted by atomic mass is 10.0. The van der Waals surface area contributed by atoms with Gasteiger partial charge < -0.3 is 27.2 Å². The van der Waals surface area contributed by atoms with Gasteiger partial charge >= 0.3 is 5.97 Å². The predicted molar refractivity (Wildman–Crippen MR) is 95.7 cm³/mol. The van der Waals surface area contributed by atoms with Gasteiger partial charge in [-0.1, -0.05) is 13.8 Å². The van der Waals surface area contributed by atoms with Crippen LogP contribution in [0.3, 0.4) is 0 Å². The molecular weight excluding hydrogens is 348 g/mol. The molecule has 0 saturated carbocycles. The first kappa shape index (κ1) is 23.2. The van der Waals surface area contributed by atoms with Crippen LogP contribution in [0.25, 0.3) is 0 Å². The third-order valence-corrected chi connectivity index (χ3v) is 3.97. The number of carboxylic acid groups (broad SMARTS) is 1. The number of rotatable bonds is 12. The van der Waals surface area contributed by atoms with Crippen LogP contribution < -0.4 is 22.1 Å². The van der Waals surface area contributed by atoms with Crippen molar-refractivity contribution in [3.05, 3.63) is 0 Å². The van der Waals surface area contributed by atoms with Crippen molar-refractivity contribution < 1.29 is 24.3 Å². The van der Waals surface area contributed by atoms with Gasteiger partial charge in [0.1, 0.15) is 12.1 Å². The van der Waals surface area contributed by atoms with Crippen LogP contribution in [0.1, 0.15) is 33.1 Å². The summed E-state index contributed by atoms with van der Waals surface area (Å²) in [6.07, 6.45) is 2.07. The summed E-state index contributed by atoms with van der Waals surface area (Å²) in [6, 6.07) is -3.14. The Kier molecular flexibility index (Phi) is 10.8. The van der Waals surface area contributed by atoms with E-state index in [0.717, 1.165) is 0 Å². The van der Waals surface area contributed by atoms with Gasteiger partial charge in [0.2, 0.25) is 17.7 Å². The standard InChI is InChI=1S/C15H28N4O5S/c1-8(2)6-11(19-13(21)9(16)7-12(17)20)14(22)18-10(15(23)24)4-5-25-3/h8-11H,4-7,16H2,1-3H3,(H2,17,20)(H,18,22)(H,19,21)(H,23,24). The second-order valence-corrected chi connectivity index (χ2v) is 7.13. The van der Waals surface area contributed by atoms with E-state index in [-0.39, 0.29) is 18.8 Å². The van der Waals surface area contributed by atoms with Gasteiger partial charge in [0.05, 0.1) is 12.5 Å². The number of carboxylic acids is 1. The molecule has 0 heterocycles. The zero-order chi connectivity index (χ0) is 19.6. The van der Waals surface area contributed by atoms with Crippen LogP contribution >= 0.6 is 11.8 Å². The number of nitrogens with one attached hydrogen (secondary N) is 2. The minimum Gasteiger partial charge on any atom is -0.480 e. The van der Waals surface area contributed by atoms with Crippen molar-refractivity contribution in [1.82, 2.24) is 10.6 Å². The highest BCUT2D eigenvalue weighted by atomic mass is 32.2. The minimum absolute atomic E-state index is 0.0675. The molecule has 0 aromatic carbocycles. The second kappa shape index (κ2) is 11.7. The van der Waals surface area contributed by atoms with Crippen molar-refractivity contribution in [3.8, 4) is 0 Å². The molecule has 3 amide bonds. The molecule has 0 fully saturated rings. The zero-order valence-electron chi connectivity index (χ0n) is 14.8. The molecule has 0 aliphatic carbocycles. The summed E-state index contributed by atoms with van der Waals surface area (Å²) >= 11 is 1.47. The van der Waals surface area contributed by atoms with Gasteiger partial charge in [0.15, 0.2) is 0 Å². The first-order valence-corrected chi connectivity index (χ1v) is 9.34. The monoisotopic (exact) mass is 376 g/mol. The van der Waals surface area contributed by atoms with E-state index in [0.29, 0.717) is 12.2 Å². The Hall–Kier alpha value is -1.81. The van der Waals surface area contributed by atoms with E-state index in [1.165, 1.54) is 11.8 Å². The van der Waals surface area contributed by atoms with Crippen LogP contribution in [0.2, 0.25) is 0 Å². The van der Waals surface area contributed by atoms with E-state index < -0.39 is 41.8 Å². The van der Waals surface area contributed by atoms with Crippen LogP contribution in [0.5, 0.6) is 0 Å². The summed E-state index contributed by atoms with van der Waals surface area (Å²) in [7, 11) is 0. The Morgan fingerprint density at radius 3 is 2.08 bits per heavy atom. The number of hydrogen-bond acceptors (Lipinski definition) is 6. The van der Waals surface area contributed by atoms with Crippen molar-refractivity contribution in [2.75, 3.05) is 12.0 Å². The summed E-state index contributed by atoms with van der Waals surface area (Å²) in [4.78, 5) is 46.5. The number of amides is 3. The number of aliphatic carboxylic acids is 1. The second-order valence-electron chi connectivity index (χ2n) is 6.15.